The predicted molar refractivity (Wildman–Crippen MR) is 137 cm³/mol. The zero-order chi connectivity index (χ0) is 26.4. The van der Waals surface area contributed by atoms with Gasteiger partial charge in [0.15, 0.2) is 0 Å². The van der Waals surface area contributed by atoms with Crippen molar-refractivity contribution < 1.29 is 29.0 Å². The van der Waals surface area contributed by atoms with E-state index in [1.165, 1.54) is 11.8 Å². The van der Waals surface area contributed by atoms with Crippen LogP contribution < -0.4 is 16.0 Å². The van der Waals surface area contributed by atoms with E-state index in [1.807, 2.05) is 40.0 Å². The van der Waals surface area contributed by atoms with Gasteiger partial charge in [0.05, 0.1) is 6.61 Å². The Morgan fingerprint density at radius 1 is 0.886 bits per heavy atom. The van der Waals surface area contributed by atoms with Crippen molar-refractivity contribution in [1.82, 2.24) is 16.0 Å². The van der Waals surface area contributed by atoms with Crippen LogP contribution in [-0.4, -0.2) is 65.7 Å². The SMILES string of the molecule is CSCCC(NC(=O)OCC(C)C)C(=O)NC(CC(C)C)C(=O)NC(Cc1ccccc1)C(=O)O. The van der Waals surface area contributed by atoms with Crippen LogP contribution in [0.1, 0.15) is 46.1 Å². The van der Waals surface area contributed by atoms with Gasteiger partial charge in [0, 0.05) is 6.42 Å². The maximum Gasteiger partial charge on any atom is 0.407 e. The molecule has 1 aromatic carbocycles. The van der Waals surface area contributed by atoms with Crippen molar-refractivity contribution in [2.75, 3.05) is 18.6 Å². The Kier molecular flexibility index (Phi) is 13.9. The predicted octanol–water partition coefficient (Wildman–Crippen LogP) is 2.83. The lowest BCUT2D eigenvalue weighted by Crippen LogP contribution is -2.56. The fraction of sp³-hybridized carbons (Fsp3) is 0.600. The van der Waals surface area contributed by atoms with Crippen molar-refractivity contribution in [1.29, 1.82) is 0 Å². The molecule has 9 nitrogen and oxygen atoms in total. The van der Waals surface area contributed by atoms with Gasteiger partial charge < -0.3 is 25.8 Å². The summed E-state index contributed by atoms with van der Waals surface area (Å²) in [7, 11) is 0. The number of alkyl carbamates (subject to hydrolysis) is 1. The van der Waals surface area contributed by atoms with Crippen LogP contribution in [0, 0.1) is 11.8 Å². The third kappa shape index (κ3) is 12.5. The van der Waals surface area contributed by atoms with Crippen LogP contribution >= 0.6 is 11.8 Å². The number of benzene rings is 1. The second kappa shape index (κ2) is 16.0. The van der Waals surface area contributed by atoms with E-state index in [1.54, 1.807) is 24.3 Å². The molecule has 0 aliphatic rings. The van der Waals surface area contributed by atoms with Crippen LogP contribution in [0.3, 0.4) is 0 Å². The van der Waals surface area contributed by atoms with Gasteiger partial charge in [0.2, 0.25) is 11.8 Å². The van der Waals surface area contributed by atoms with Gasteiger partial charge in [-0.3, -0.25) is 9.59 Å². The molecule has 0 fully saturated rings. The summed E-state index contributed by atoms with van der Waals surface area (Å²) >= 11 is 1.52. The number of carboxylic acid groups (broad SMARTS) is 1. The van der Waals surface area contributed by atoms with Crippen LogP contribution in [0.25, 0.3) is 0 Å². The highest BCUT2D eigenvalue weighted by Gasteiger charge is 2.30. The van der Waals surface area contributed by atoms with E-state index < -0.39 is 42.0 Å². The molecule has 0 saturated carbocycles. The summed E-state index contributed by atoms with van der Waals surface area (Å²) in [5.41, 5.74) is 0.769. The standard InChI is InChI=1S/C25H39N3O6S/c1-16(2)13-20(23(30)27-21(24(31)32)14-18-9-7-6-8-10-18)26-22(29)19(11-12-35-5)28-25(33)34-15-17(3)4/h6-10,16-17,19-21H,11-15H2,1-5H3,(H,26,29)(H,27,30)(H,28,33)(H,31,32). The lowest BCUT2D eigenvalue weighted by Gasteiger charge is -2.25. The lowest BCUT2D eigenvalue weighted by molar-refractivity contribution is -0.142. The molecule has 3 unspecified atom stereocenters. The van der Waals surface area contributed by atoms with Crippen molar-refractivity contribution >= 4 is 35.6 Å². The maximum atomic E-state index is 13.1. The van der Waals surface area contributed by atoms with Crippen molar-refractivity contribution in [3.8, 4) is 0 Å². The molecule has 1 rings (SSSR count). The summed E-state index contributed by atoms with van der Waals surface area (Å²) in [6, 6.07) is 6.01. The lowest BCUT2D eigenvalue weighted by atomic mass is 10.0. The minimum absolute atomic E-state index is 0.0528. The first-order valence-electron chi connectivity index (χ1n) is 11.8. The maximum absolute atomic E-state index is 13.1. The monoisotopic (exact) mass is 509 g/mol. The fourth-order valence-corrected chi connectivity index (χ4v) is 3.70. The first-order valence-corrected chi connectivity index (χ1v) is 13.2. The van der Waals surface area contributed by atoms with E-state index in [9.17, 15) is 24.3 Å². The number of thioether (sulfide) groups is 1. The second-order valence-electron chi connectivity index (χ2n) is 9.25. The van der Waals surface area contributed by atoms with Gasteiger partial charge in [0.25, 0.3) is 0 Å². The molecule has 0 saturated heterocycles. The van der Waals surface area contributed by atoms with E-state index in [-0.39, 0.29) is 24.9 Å². The van der Waals surface area contributed by atoms with E-state index in [0.717, 1.165) is 5.56 Å². The Morgan fingerprint density at radius 2 is 1.49 bits per heavy atom. The van der Waals surface area contributed by atoms with Gasteiger partial charge in [-0.1, -0.05) is 58.0 Å². The number of carbonyl (C=O) groups is 4. The number of hydrogen-bond donors (Lipinski definition) is 4. The first-order chi connectivity index (χ1) is 16.5. The molecule has 0 aliphatic carbocycles. The molecule has 3 amide bonds. The Labute approximate surface area is 212 Å². The van der Waals surface area contributed by atoms with Gasteiger partial charge in [0.1, 0.15) is 18.1 Å². The Hall–Kier alpha value is -2.75. The second-order valence-corrected chi connectivity index (χ2v) is 10.2. The van der Waals surface area contributed by atoms with Crippen LogP contribution in [0.5, 0.6) is 0 Å². The highest BCUT2D eigenvalue weighted by atomic mass is 32.2. The molecule has 3 atom stereocenters. The number of carboxylic acids is 1. The van der Waals surface area contributed by atoms with Crippen LogP contribution in [0.4, 0.5) is 4.79 Å². The number of ether oxygens (including phenoxy) is 1. The zero-order valence-corrected chi connectivity index (χ0v) is 22.0. The molecule has 0 aliphatic heterocycles. The number of nitrogens with one attached hydrogen (secondary N) is 3. The molecule has 0 spiro atoms. The molecule has 1 aromatic rings. The van der Waals surface area contributed by atoms with Crippen LogP contribution in [0.2, 0.25) is 0 Å². The first kappa shape index (κ1) is 30.3. The van der Waals surface area contributed by atoms with Gasteiger partial charge in [-0.2, -0.15) is 11.8 Å². The fourth-order valence-electron chi connectivity index (χ4n) is 3.23. The molecule has 0 aromatic heterocycles. The highest BCUT2D eigenvalue weighted by molar-refractivity contribution is 7.98. The van der Waals surface area contributed by atoms with Crippen molar-refractivity contribution in [2.45, 2.75) is 65.1 Å². The quantitative estimate of drug-likeness (QED) is 0.286. The highest BCUT2D eigenvalue weighted by Crippen LogP contribution is 2.10. The molecular formula is C25H39N3O6S. The van der Waals surface area contributed by atoms with E-state index >= 15 is 0 Å². The van der Waals surface area contributed by atoms with E-state index in [0.29, 0.717) is 18.6 Å². The summed E-state index contributed by atoms with van der Waals surface area (Å²) < 4.78 is 5.14. The van der Waals surface area contributed by atoms with Crippen molar-refractivity contribution in [3.63, 3.8) is 0 Å². The summed E-state index contributed by atoms with van der Waals surface area (Å²) in [6.07, 6.45) is 1.97. The zero-order valence-electron chi connectivity index (χ0n) is 21.2. The average molecular weight is 510 g/mol. The van der Waals surface area contributed by atoms with Crippen molar-refractivity contribution in [2.24, 2.45) is 11.8 Å². The third-order valence-corrected chi connectivity index (χ3v) is 5.65. The molecule has 0 heterocycles. The molecule has 0 radical (unpaired) electrons. The Morgan fingerprint density at radius 3 is 2.03 bits per heavy atom. The smallest absolute Gasteiger partial charge is 0.407 e. The third-order valence-electron chi connectivity index (χ3n) is 5.00. The average Bonchev–Trinajstić information content (AvgIpc) is 2.79. The number of rotatable bonds is 15. The summed E-state index contributed by atoms with van der Waals surface area (Å²) in [5.74, 6) is -1.45. The summed E-state index contributed by atoms with van der Waals surface area (Å²) in [6.45, 7) is 7.83. The van der Waals surface area contributed by atoms with Crippen LogP contribution in [-0.2, 0) is 25.5 Å². The topological polar surface area (TPSA) is 134 Å². The number of carbonyl (C=O) groups excluding carboxylic acids is 3. The van der Waals surface area contributed by atoms with Gasteiger partial charge in [-0.05, 0) is 42.2 Å². The van der Waals surface area contributed by atoms with Gasteiger partial charge in [-0.25, -0.2) is 9.59 Å². The molecule has 10 heteroatoms. The van der Waals surface area contributed by atoms with E-state index in [4.69, 9.17) is 4.74 Å². The molecular weight excluding hydrogens is 470 g/mol. The molecule has 4 N–H and O–H groups in total. The molecule has 196 valence electrons. The van der Waals surface area contributed by atoms with Crippen LogP contribution in [0.15, 0.2) is 30.3 Å². The minimum atomic E-state index is -1.16. The summed E-state index contributed by atoms with van der Waals surface area (Å²) in [5, 5.41) is 17.5. The van der Waals surface area contributed by atoms with Gasteiger partial charge >= 0.3 is 12.1 Å². The van der Waals surface area contributed by atoms with E-state index in [2.05, 4.69) is 16.0 Å². The normalized spacial score (nSPS) is 13.6. The summed E-state index contributed by atoms with van der Waals surface area (Å²) in [4.78, 5) is 50.0. The number of amides is 3. The molecule has 0 bridgehead atoms. The number of hydrogen-bond acceptors (Lipinski definition) is 6. The Balaban J connectivity index is 2.92. The largest absolute Gasteiger partial charge is 0.480 e. The van der Waals surface area contributed by atoms with Crippen molar-refractivity contribution in [3.05, 3.63) is 35.9 Å². The number of aliphatic carboxylic acids is 1. The minimum Gasteiger partial charge on any atom is -0.480 e. The molecule has 35 heavy (non-hydrogen) atoms. The Bertz CT molecular complexity index is 819. The van der Waals surface area contributed by atoms with Gasteiger partial charge in [-0.15, -0.1) is 0 Å².